The fraction of sp³-hybridized carbons (Fsp3) is 0.650. The van der Waals surface area contributed by atoms with Crippen LogP contribution >= 0.6 is 0 Å². The Hall–Kier alpha value is -1.79. The number of guanidine groups is 1. The summed E-state index contributed by atoms with van der Waals surface area (Å²) in [5.41, 5.74) is 1.31. The summed E-state index contributed by atoms with van der Waals surface area (Å²) in [5.74, 6) is 1.96. The molecule has 0 aliphatic carbocycles. The Morgan fingerprint density at radius 1 is 1.31 bits per heavy atom. The van der Waals surface area contributed by atoms with Crippen molar-refractivity contribution >= 4 is 5.96 Å². The van der Waals surface area contributed by atoms with Crippen molar-refractivity contribution in [2.24, 2.45) is 4.99 Å². The van der Waals surface area contributed by atoms with Crippen LogP contribution < -0.4 is 10.1 Å². The summed E-state index contributed by atoms with van der Waals surface area (Å²) in [6.07, 6.45) is 3.33. The number of aryl methyl sites for hydroxylation is 1. The maximum absolute atomic E-state index is 5.47. The molecule has 0 aromatic heterocycles. The summed E-state index contributed by atoms with van der Waals surface area (Å²) in [7, 11) is 3.59. The molecule has 6 nitrogen and oxygen atoms in total. The summed E-state index contributed by atoms with van der Waals surface area (Å²) >= 11 is 0. The lowest BCUT2D eigenvalue weighted by Crippen LogP contribution is -2.46. The molecule has 1 aromatic carbocycles. The lowest BCUT2D eigenvalue weighted by atomic mass is 10.1. The highest BCUT2D eigenvalue weighted by Gasteiger charge is 2.30. The van der Waals surface area contributed by atoms with E-state index < -0.39 is 0 Å². The van der Waals surface area contributed by atoms with Crippen LogP contribution in [0.2, 0.25) is 0 Å². The molecule has 6 heteroatoms. The molecule has 0 radical (unpaired) electrons. The van der Waals surface area contributed by atoms with Crippen LogP contribution in [0.5, 0.6) is 5.75 Å². The first-order chi connectivity index (χ1) is 12.8. The number of hydrogen-bond donors (Lipinski definition) is 1. The Morgan fingerprint density at radius 3 is 2.92 bits per heavy atom. The Kier molecular flexibility index (Phi) is 7.14. The first-order valence-electron chi connectivity index (χ1n) is 9.70. The largest absolute Gasteiger partial charge is 0.497 e. The minimum absolute atomic E-state index is 0.634. The maximum atomic E-state index is 5.47. The lowest BCUT2D eigenvalue weighted by Gasteiger charge is -2.32. The standard InChI is InChI=1S/C20H32N4O2/c1-21-20(22-9-4-6-17-5-3-7-19(15-17)25-2)24-10-8-18(16-24)23-11-13-26-14-12-23/h3,5,7,15,18H,4,6,8-14,16H2,1-2H3,(H,21,22). The van der Waals surface area contributed by atoms with E-state index >= 15 is 0 Å². The minimum Gasteiger partial charge on any atom is -0.497 e. The lowest BCUT2D eigenvalue weighted by molar-refractivity contribution is 0.0195. The number of aliphatic imine (C=N–C) groups is 1. The van der Waals surface area contributed by atoms with E-state index in [-0.39, 0.29) is 0 Å². The number of rotatable bonds is 6. The Labute approximate surface area is 157 Å². The third-order valence-corrected chi connectivity index (χ3v) is 5.30. The van der Waals surface area contributed by atoms with Gasteiger partial charge in [-0.1, -0.05) is 12.1 Å². The number of likely N-dealkylation sites (tertiary alicyclic amines) is 1. The van der Waals surface area contributed by atoms with E-state index in [0.717, 1.165) is 70.5 Å². The Bertz CT molecular complexity index is 587. The van der Waals surface area contributed by atoms with Crippen LogP contribution in [0.25, 0.3) is 0 Å². The quantitative estimate of drug-likeness (QED) is 0.475. The fourth-order valence-electron chi connectivity index (χ4n) is 3.83. The summed E-state index contributed by atoms with van der Waals surface area (Å²) in [4.78, 5) is 9.45. The van der Waals surface area contributed by atoms with Crippen molar-refractivity contribution in [2.45, 2.75) is 25.3 Å². The minimum atomic E-state index is 0.634. The van der Waals surface area contributed by atoms with Gasteiger partial charge < -0.3 is 19.7 Å². The van der Waals surface area contributed by atoms with Crippen LogP contribution in [0, 0.1) is 0 Å². The number of nitrogens with zero attached hydrogens (tertiary/aromatic N) is 3. The third-order valence-electron chi connectivity index (χ3n) is 5.30. The van der Waals surface area contributed by atoms with Crippen LogP contribution in [0.15, 0.2) is 29.3 Å². The zero-order valence-corrected chi connectivity index (χ0v) is 16.1. The molecule has 1 aromatic rings. The van der Waals surface area contributed by atoms with Gasteiger partial charge in [-0.05, 0) is 37.0 Å². The molecule has 144 valence electrons. The number of ether oxygens (including phenoxy) is 2. The Balaban J connectivity index is 1.40. The highest BCUT2D eigenvalue weighted by Crippen LogP contribution is 2.17. The average molecular weight is 361 g/mol. The van der Waals surface area contributed by atoms with Crippen molar-refractivity contribution in [1.29, 1.82) is 0 Å². The number of morpholine rings is 1. The van der Waals surface area contributed by atoms with Crippen molar-refractivity contribution in [1.82, 2.24) is 15.1 Å². The molecule has 2 aliphatic heterocycles. The van der Waals surface area contributed by atoms with Gasteiger partial charge in [0, 0.05) is 45.8 Å². The Morgan fingerprint density at radius 2 is 2.15 bits per heavy atom. The molecule has 0 spiro atoms. The van der Waals surface area contributed by atoms with Gasteiger partial charge in [-0.2, -0.15) is 0 Å². The molecule has 2 heterocycles. The third kappa shape index (κ3) is 5.11. The topological polar surface area (TPSA) is 49.3 Å². The van der Waals surface area contributed by atoms with Gasteiger partial charge in [-0.15, -0.1) is 0 Å². The predicted molar refractivity (Wildman–Crippen MR) is 105 cm³/mol. The monoisotopic (exact) mass is 360 g/mol. The average Bonchev–Trinajstić information content (AvgIpc) is 3.19. The molecule has 0 saturated carbocycles. The molecule has 2 saturated heterocycles. The van der Waals surface area contributed by atoms with Gasteiger partial charge in [-0.25, -0.2) is 0 Å². The van der Waals surface area contributed by atoms with Crippen LogP contribution in [0.3, 0.4) is 0 Å². The molecule has 0 amide bonds. The molecule has 1 unspecified atom stereocenters. The van der Waals surface area contributed by atoms with E-state index in [1.807, 2.05) is 13.1 Å². The summed E-state index contributed by atoms with van der Waals surface area (Å²) in [6.45, 7) is 6.94. The highest BCUT2D eigenvalue weighted by atomic mass is 16.5. The number of nitrogens with one attached hydrogen (secondary N) is 1. The second-order valence-corrected chi connectivity index (χ2v) is 6.97. The van der Waals surface area contributed by atoms with Crippen molar-refractivity contribution in [3.63, 3.8) is 0 Å². The SMILES string of the molecule is CN=C(NCCCc1cccc(OC)c1)N1CCC(N2CCOCC2)C1. The van der Waals surface area contributed by atoms with Crippen LogP contribution in [0.1, 0.15) is 18.4 Å². The van der Waals surface area contributed by atoms with Gasteiger partial charge in [0.25, 0.3) is 0 Å². The van der Waals surface area contributed by atoms with Crippen molar-refractivity contribution in [2.75, 3.05) is 60.1 Å². The first-order valence-corrected chi connectivity index (χ1v) is 9.70. The van der Waals surface area contributed by atoms with E-state index in [2.05, 4.69) is 38.3 Å². The highest BCUT2D eigenvalue weighted by molar-refractivity contribution is 5.80. The van der Waals surface area contributed by atoms with Gasteiger partial charge in [0.15, 0.2) is 5.96 Å². The van der Waals surface area contributed by atoms with E-state index in [1.165, 1.54) is 12.0 Å². The van der Waals surface area contributed by atoms with Gasteiger partial charge in [-0.3, -0.25) is 9.89 Å². The molecule has 2 fully saturated rings. The number of benzene rings is 1. The van der Waals surface area contributed by atoms with Crippen molar-refractivity contribution < 1.29 is 9.47 Å². The van der Waals surface area contributed by atoms with Gasteiger partial charge in [0.05, 0.1) is 20.3 Å². The molecule has 0 bridgehead atoms. The summed E-state index contributed by atoms with van der Waals surface area (Å²) in [6, 6.07) is 8.94. The first kappa shape index (κ1) is 19.0. The molecule has 1 atom stereocenters. The van der Waals surface area contributed by atoms with E-state index in [9.17, 15) is 0 Å². The van der Waals surface area contributed by atoms with E-state index in [4.69, 9.17) is 9.47 Å². The molecular weight excluding hydrogens is 328 g/mol. The maximum Gasteiger partial charge on any atom is 0.193 e. The number of methoxy groups -OCH3 is 1. The van der Waals surface area contributed by atoms with Crippen molar-refractivity contribution in [3.8, 4) is 5.75 Å². The molecule has 1 N–H and O–H groups in total. The predicted octanol–water partition coefficient (Wildman–Crippen LogP) is 1.61. The second-order valence-electron chi connectivity index (χ2n) is 6.97. The van der Waals surface area contributed by atoms with E-state index in [0.29, 0.717) is 6.04 Å². The van der Waals surface area contributed by atoms with Gasteiger partial charge in [0.2, 0.25) is 0 Å². The van der Waals surface area contributed by atoms with Crippen molar-refractivity contribution in [3.05, 3.63) is 29.8 Å². The van der Waals surface area contributed by atoms with Crippen LogP contribution in [-0.4, -0.2) is 81.9 Å². The molecular formula is C20H32N4O2. The number of hydrogen-bond acceptors (Lipinski definition) is 4. The smallest absolute Gasteiger partial charge is 0.193 e. The summed E-state index contributed by atoms with van der Waals surface area (Å²) < 4.78 is 10.8. The van der Waals surface area contributed by atoms with Crippen LogP contribution in [-0.2, 0) is 11.2 Å². The molecule has 2 aliphatic rings. The normalized spacial score (nSPS) is 21.8. The summed E-state index contributed by atoms with van der Waals surface area (Å²) in [5, 5.41) is 3.54. The van der Waals surface area contributed by atoms with Gasteiger partial charge >= 0.3 is 0 Å². The molecule has 3 rings (SSSR count). The van der Waals surface area contributed by atoms with E-state index in [1.54, 1.807) is 7.11 Å². The fourth-order valence-corrected chi connectivity index (χ4v) is 3.83. The van der Waals surface area contributed by atoms with Crippen LogP contribution in [0.4, 0.5) is 0 Å². The molecule has 26 heavy (non-hydrogen) atoms. The van der Waals surface area contributed by atoms with Gasteiger partial charge in [0.1, 0.15) is 5.75 Å². The zero-order chi connectivity index (χ0) is 18.2. The second kappa shape index (κ2) is 9.78. The zero-order valence-electron chi connectivity index (χ0n) is 16.1.